The number of hydrogen-bond acceptors (Lipinski definition) is 5. The highest BCUT2D eigenvalue weighted by Gasteiger charge is 2.43. The van der Waals surface area contributed by atoms with E-state index in [2.05, 4.69) is 0 Å². The number of hydrogen-bond donors (Lipinski definition) is 0. The summed E-state index contributed by atoms with van der Waals surface area (Å²) in [6.07, 6.45) is 0.153. The van der Waals surface area contributed by atoms with Gasteiger partial charge in [0.15, 0.2) is 11.5 Å². The summed E-state index contributed by atoms with van der Waals surface area (Å²) in [5.74, 6) is 0.381. The fourth-order valence-electron chi connectivity index (χ4n) is 3.78. The molecule has 2 aromatic rings. The van der Waals surface area contributed by atoms with E-state index in [1.165, 1.54) is 4.90 Å². The Morgan fingerprint density at radius 2 is 1.85 bits per heavy atom. The van der Waals surface area contributed by atoms with Crippen LogP contribution in [0.4, 0.5) is 5.69 Å². The maximum Gasteiger partial charge on any atom is 0.336 e. The molecule has 1 unspecified atom stereocenters. The summed E-state index contributed by atoms with van der Waals surface area (Å²) in [7, 11) is 0. The molecule has 2 aromatic carbocycles. The predicted octanol–water partition coefficient (Wildman–Crippen LogP) is 3.40. The Balaban J connectivity index is 1.61. The zero-order valence-electron chi connectivity index (χ0n) is 14.1. The third kappa shape index (κ3) is 2.56. The lowest BCUT2D eigenvalue weighted by atomic mass is 9.84. The van der Waals surface area contributed by atoms with E-state index in [1.807, 2.05) is 12.1 Å². The highest BCUT2D eigenvalue weighted by Crippen LogP contribution is 2.44. The Bertz CT molecular complexity index is 1020. The van der Waals surface area contributed by atoms with Gasteiger partial charge >= 0.3 is 5.97 Å². The largest absolute Gasteiger partial charge is 0.456 e. The van der Waals surface area contributed by atoms with Crippen molar-refractivity contribution < 1.29 is 23.8 Å². The van der Waals surface area contributed by atoms with Crippen molar-refractivity contribution in [3.63, 3.8) is 0 Å². The van der Waals surface area contributed by atoms with Crippen LogP contribution in [0.25, 0.3) is 0 Å². The molecule has 1 atom stereocenters. The second kappa shape index (κ2) is 6.03. The van der Waals surface area contributed by atoms with Gasteiger partial charge in [0.05, 0.1) is 17.0 Å². The molecule has 0 bridgehead atoms. The average molecular weight is 384 g/mol. The zero-order chi connectivity index (χ0) is 18.5. The quantitative estimate of drug-likeness (QED) is 0.744. The molecule has 136 valence electrons. The van der Waals surface area contributed by atoms with Gasteiger partial charge in [0, 0.05) is 17.4 Å². The van der Waals surface area contributed by atoms with E-state index >= 15 is 0 Å². The van der Waals surface area contributed by atoms with Gasteiger partial charge in [0.25, 0.3) is 0 Å². The molecule has 3 aliphatic rings. The maximum absolute atomic E-state index is 13.0. The van der Waals surface area contributed by atoms with E-state index in [-0.39, 0.29) is 31.6 Å². The summed E-state index contributed by atoms with van der Waals surface area (Å²) >= 11 is 6.08. The van der Waals surface area contributed by atoms with Gasteiger partial charge < -0.3 is 14.2 Å². The molecule has 0 radical (unpaired) electrons. The third-order valence-electron chi connectivity index (χ3n) is 4.98. The molecule has 1 amide bonds. The van der Waals surface area contributed by atoms with E-state index in [0.717, 1.165) is 5.56 Å². The van der Waals surface area contributed by atoms with Gasteiger partial charge in [-0.2, -0.15) is 0 Å². The second-order valence-electron chi connectivity index (χ2n) is 6.51. The van der Waals surface area contributed by atoms with E-state index in [9.17, 15) is 9.59 Å². The summed E-state index contributed by atoms with van der Waals surface area (Å²) in [6.45, 7) is 0.231. The molecule has 7 heteroatoms. The first kappa shape index (κ1) is 16.2. The number of carbonyl (C=O) groups is 2. The first-order valence-corrected chi connectivity index (χ1v) is 8.88. The summed E-state index contributed by atoms with van der Waals surface area (Å²) < 4.78 is 16.1. The number of benzene rings is 2. The molecule has 0 saturated carbocycles. The predicted molar refractivity (Wildman–Crippen MR) is 96.8 cm³/mol. The number of carbonyl (C=O) groups excluding carboxylic acids is 2. The van der Waals surface area contributed by atoms with Crippen LogP contribution < -0.4 is 14.4 Å². The Hall–Kier alpha value is -2.99. The van der Waals surface area contributed by atoms with Gasteiger partial charge in [-0.1, -0.05) is 23.7 Å². The highest BCUT2D eigenvalue weighted by molar-refractivity contribution is 6.31. The van der Waals surface area contributed by atoms with E-state index < -0.39 is 5.97 Å². The summed E-state index contributed by atoms with van der Waals surface area (Å²) in [6, 6.07) is 12.5. The zero-order valence-corrected chi connectivity index (χ0v) is 14.9. The molecular formula is C20H14ClNO5. The van der Waals surface area contributed by atoms with Crippen molar-refractivity contribution in [1.29, 1.82) is 0 Å². The van der Waals surface area contributed by atoms with Gasteiger partial charge in [0.1, 0.15) is 6.61 Å². The third-order valence-corrected chi connectivity index (χ3v) is 5.22. The van der Waals surface area contributed by atoms with E-state index in [1.54, 1.807) is 30.3 Å². The minimum atomic E-state index is -0.396. The second-order valence-corrected chi connectivity index (χ2v) is 6.95. The molecular weight excluding hydrogens is 370 g/mol. The van der Waals surface area contributed by atoms with Crippen LogP contribution in [0.2, 0.25) is 5.02 Å². The standard InChI is InChI=1S/C20H14ClNO5/c21-12-2-1-3-13(7-12)22-15-9-25-20(24)19(15)14(8-18(22)23)11-4-5-16-17(6-11)27-10-26-16/h1-7,14H,8-10H2. The van der Waals surface area contributed by atoms with Gasteiger partial charge in [0.2, 0.25) is 12.7 Å². The molecule has 0 spiro atoms. The molecule has 0 saturated heterocycles. The normalized spacial score (nSPS) is 20.8. The van der Waals surface area contributed by atoms with Crippen molar-refractivity contribution in [2.24, 2.45) is 0 Å². The van der Waals surface area contributed by atoms with Crippen molar-refractivity contribution in [3.8, 4) is 11.5 Å². The van der Waals surface area contributed by atoms with Gasteiger partial charge in [-0.25, -0.2) is 4.79 Å². The van der Waals surface area contributed by atoms with Crippen LogP contribution in [-0.4, -0.2) is 25.3 Å². The van der Waals surface area contributed by atoms with E-state index in [4.69, 9.17) is 25.8 Å². The molecule has 0 N–H and O–H groups in total. The smallest absolute Gasteiger partial charge is 0.336 e. The van der Waals surface area contributed by atoms with Crippen LogP contribution in [-0.2, 0) is 14.3 Å². The minimum absolute atomic E-state index is 0.0630. The number of fused-ring (bicyclic) bond motifs is 1. The Labute approximate surface area is 159 Å². The summed E-state index contributed by atoms with van der Waals surface area (Å²) in [5.41, 5.74) is 2.53. The number of amides is 1. The fourth-order valence-corrected chi connectivity index (χ4v) is 3.97. The maximum atomic E-state index is 13.0. The van der Waals surface area contributed by atoms with Crippen LogP contribution in [0.15, 0.2) is 53.7 Å². The molecule has 0 aromatic heterocycles. The van der Waals surface area contributed by atoms with E-state index in [0.29, 0.717) is 33.5 Å². The van der Waals surface area contributed by atoms with Gasteiger partial charge in [-0.05, 0) is 35.9 Å². The molecule has 3 heterocycles. The van der Waals surface area contributed by atoms with Crippen LogP contribution in [0.5, 0.6) is 11.5 Å². The van der Waals surface area contributed by atoms with Crippen LogP contribution in [0.1, 0.15) is 17.9 Å². The molecule has 3 aliphatic heterocycles. The van der Waals surface area contributed by atoms with Gasteiger partial charge in [-0.3, -0.25) is 9.69 Å². The van der Waals surface area contributed by atoms with Crippen molar-refractivity contribution in [2.45, 2.75) is 12.3 Å². The fraction of sp³-hybridized carbons (Fsp3) is 0.200. The monoisotopic (exact) mass is 383 g/mol. The number of cyclic esters (lactones) is 1. The average Bonchev–Trinajstić information content (AvgIpc) is 3.27. The van der Waals surface area contributed by atoms with Crippen LogP contribution >= 0.6 is 11.6 Å². The first-order valence-electron chi connectivity index (χ1n) is 8.50. The Morgan fingerprint density at radius 1 is 1.00 bits per heavy atom. The number of rotatable bonds is 2. The SMILES string of the molecule is O=C1OCC2=C1C(c1ccc3c(c1)OCO3)CC(=O)N2c1cccc(Cl)c1. The number of ether oxygens (including phenoxy) is 3. The van der Waals surface area contributed by atoms with Crippen molar-refractivity contribution in [1.82, 2.24) is 0 Å². The van der Waals surface area contributed by atoms with Crippen LogP contribution in [0.3, 0.4) is 0 Å². The van der Waals surface area contributed by atoms with Crippen molar-refractivity contribution >= 4 is 29.2 Å². The molecule has 5 rings (SSSR count). The lowest BCUT2D eigenvalue weighted by Crippen LogP contribution is -2.37. The highest BCUT2D eigenvalue weighted by atomic mass is 35.5. The van der Waals surface area contributed by atoms with Crippen LogP contribution in [0, 0.1) is 0 Å². The molecule has 27 heavy (non-hydrogen) atoms. The molecule has 6 nitrogen and oxygen atoms in total. The van der Waals surface area contributed by atoms with Gasteiger partial charge in [-0.15, -0.1) is 0 Å². The molecule has 0 fully saturated rings. The Kier molecular flexibility index (Phi) is 3.62. The summed E-state index contributed by atoms with van der Waals surface area (Å²) in [4.78, 5) is 27.0. The van der Waals surface area contributed by atoms with Crippen molar-refractivity contribution in [2.75, 3.05) is 18.3 Å². The summed E-state index contributed by atoms with van der Waals surface area (Å²) in [5, 5.41) is 0.519. The van der Waals surface area contributed by atoms with Crippen molar-refractivity contribution in [3.05, 3.63) is 64.3 Å². The number of nitrogens with zero attached hydrogens (tertiary/aromatic N) is 1. The first-order chi connectivity index (χ1) is 13.1. The molecule has 0 aliphatic carbocycles. The number of halogens is 1. The lowest BCUT2D eigenvalue weighted by molar-refractivity contribution is -0.136. The number of anilines is 1. The lowest BCUT2D eigenvalue weighted by Gasteiger charge is -2.32. The number of esters is 1. The topological polar surface area (TPSA) is 65.1 Å². The minimum Gasteiger partial charge on any atom is -0.456 e. The Morgan fingerprint density at radius 3 is 2.70 bits per heavy atom.